The molecule has 0 spiro atoms. The Hall–Kier alpha value is -1.69. The zero-order valence-electron chi connectivity index (χ0n) is 14.0. The maximum atomic E-state index is 12.5. The Morgan fingerprint density at radius 3 is 2.92 bits per heavy atom. The molecule has 5 nitrogen and oxygen atoms in total. The largest absolute Gasteiger partial charge is 0.351 e. The van der Waals surface area contributed by atoms with Crippen molar-refractivity contribution in [2.75, 3.05) is 6.54 Å². The van der Waals surface area contributed by atoms with Gasteiger partial charge >= 0.3 is 0 Å². The molecule has 0 unspecified atom stereocenters. The molecule has 2 aromatic rings. The molecule has 4 rings (SSSR count). The van der Waals surface area contributed by atoms with Crippen molar-refractivity contribution in [3.63, 3.8) is 0 Å². The minimum atomic E-state index is 0.0629. The summed E-state index contributed by atoms with van der Waals surface area (Å²) in [6.45, 7) is 1.64. The maximum Gasteiger partial charge on any atom is 0.261 e. The van der Waals surface area contributed by atoms with E-state index in [0.717, 1.165) is 55.2 Å². The number of hydrogen-bond acceptors (Lipinski definition) is 4. The van der Waals surface area contributed by atoms with Gasteiger partial charge in [0, 0.05) is 30.8 Å². The Bertz CT molecular complexity index is 708. The lowest BCUT2D eigenvalue weighted by atomic mass is 10.00. The standard InChI is InChI=1S/C18H24N4OS/c23-18(15-12-13-6-3-1-2-4-7-14(13)24-15)19-10-9-17-21-20-16-8-5-11-22(16)17/h12H,1-11H2,(H,19,23). The Morgan fingerprint density at radius 1 is 1.12 bits per heavy atom. The van der Waals surface area contributed by atoms with Crippen LogP contribution in [0.2, 0.25) is 0 Å². The highest BCUT2D eigenvalue weighted by molar-refractivity contribution is 7.14. The Kier molecular flexibility index (Phi) is 4.65. The molecular weight excluding hydrogens is 320 g/mol. The molecule has 6 heteroatoms. The molecule has 1 amide bonds. The van der Waals surface area contributed by atoms with Crippen molar-refractivity contribution in [1.29, 1.82) is 0 Å². The highest BCUT2D eigenvalue weighted by Crippen LogP contribution is 2.28. The summed E-state index contributed by atoms with van der Waals surface area (Å²) < 4.78 is 2.20. The molecule has 2 aliphatic rings. The van der Waals surface area contributed by atoms with E-state index in [9.17, 15) is 4.79 Å². The number of carbonyl (C=O) groups excluding carboxylic acids is 1. The fourth-order valence-corrected chi connectivity index (χ4v) is 4.90. The monoisotopic (exact) mass is 344 g/mol. The summed E-state index contributed by atoms with van der Waals surface area (Å²) in [6.07, 6.45) is 10.4. The Balaban J connectivity index is 1.35. The van der Waals surface area contributed by atoms with Gasteiger partial charge in [-0.2, -0.15) is 0 Å². The summed E-state index contributed by atoms with van der Waals surface area (Å²) in [4.78, 5) is 14.7. The van der Waals surface area contributed by atoms with Gasteiger partial charge in [-0.15, -0.1) is 21.5 Å². The van der Waals surface area contributed by atoms with E-state index in [2.05, 4.69) is 26.1 Å². The molecule has 0 fully saturated rings. The van der Waals surface area contributed by atoms with Crippen molar-refractivity contribution < 1.29 is 4.79 Å². The SMILES string of the molecule is O=C(NCCc1nnc2n1CCC2)c1cc2c(s1)CCCCCC2. The number of fused-ring (bicyclic) bond motifs is 2. The average molecular weight is 344 g/mol. The smallest absolute Gasteiger partial charge is 0.261 e. The van der Waals surface area contributed by atoms with Crippen molar-refractivity contribution >= 4 is 17.2 Å². The van der Waals surface area contributed by atoms with Gasteiger partial charge in [-0.1, -0.05) is 12.8 Å². The molecule has 24 heavy (non-hydrogen) atoms. The van der Waals surface area contributed by atoms with Crippen LogP contribution in [0.15, 0.2) is 6.07 Å². The molecule has 2 aromatic heterocycles. The normalized spacial score (nSPS) is 17.0. The topological polar surface area (TPSA) is 59.8 Å². The summed E-state index contributed by atoms with van der Waals surface area (Å²) >= 11 is 1.69. The highest BCUT2D eigenvalue weighted by Gasteiger charge is 2.18. The van der Waals surface area contributed by atoms with Crippen LogP contribution in [0.5, 0.6) is 0 Å². The second-order valence-corrected chi connectivity index (χ2v) is 7.90. The predicted molar refractivity (Wildman–Crippen MR) is 94.6 cm³/mol. The van der Waals surface area contributed by atoms with Crippen molar-refractivity contribution in [3.8, 4) is 0 Å². The van der Waals surface area contributed by atoms with Crippen LogP contribution in [-0.2, 0) is 32.2 Å². The minimum absolute atomic E-state index is 0.0629. The van der Waals surface area contributed by atoms with Gasteiger partial charge in [-0.25, -0.2) is 0 Å². The molecule has 1 N–H and O–H groups in total. The van der Waals surface area contributed by atoms with Crippen LogP contribution in [0.4, 0.5) is 0 Å². The number of amides is 1. The van der Waals surface area contributed by atoms with Gasteiger partial charge in [0.05, 0.1) is 4.88 Å². The van der Waals surface area contributed by atoms with Crippen LogP contribution in [-0.4, -0.2) is 27.2 Å². The zero-order chi connectivity index (χ0) is 16.4. The summed E-state index contributed by atoms with van der Waals surface area (Å²) in [7, 11) is 0. The number of aromatic nitrogens is 3. The van der Waals surface area contributed by atoms with E-state index in [0.29, 0.717) is 6.54 Å². The molecule has 0 saturated heterocycles. The van der Waals surface area contributed by atoms with E-state index in [1.807, 2.05) is 0 Å². The second-order valence-electron chi connectivity index (χ2n) is 6.77. The summed E-state index contributed by atoms with van der Waals surface area (Å²) in [5, 5.41) is 11.5. The predicted octanol–water partition coefficient (Wildman–Crippen LogP) is 2.92. The molecular formula is C18H24N4OS. The number of hydrogen-bond donors (Lipinski definition) is 1. The molecule has 128 valence electrons. The van der Waals surface area contributed by atoms with Gasteiger partial charge in [0.25, 0.3) is 5.91 Å². The number of nitrogens with zero attached hydrogens (tertiary/aromatic N) is 3. The van der Waals surface area contributed by atoms with Crippen molar-refractivity contribution in [1.82, 2.24) is 20.1 Å². The molecule has 0 saturated carbocycles. The molecule has 0 radical (unpaired) electrons. The van der Waals surface area contributed by atoms with Crippen molar-refractivity contribution in [3.05, 3.63) is 33.0 Å². The minimum Gasteiger partial charge on any atom is -0.351 e. The molecule has 0 aromatic carbocycles. The van der Waals surface area contributed by atoms with Crippen LogP contribution in [0.25, 0.3) is 0 Å². The third-order valence-electron chi connectivity index (χ3n) is 5.04. The van der Waals surface area contributed by atoms with Crippen LogP contribution in [0.3, 0.4) is 0 Å². The lowest BCUT2D eigenvalue weighted by Crippen LogP contribution is -2.25. The number of thiophene rings is 1. The lowest BCUT2D eigenvalue weighted by Gasteiger charge is -2.07. The molecule has 3 heterocycles. The van der Waals surface area contributed by atoms with Crippen LogP contribution < -0.4 is 5.32 Å². The molecule has 1 aliphatic carbocycles. The summed E-state index contributed by atoms with van der Waals surface area (Å²) in [5.74, 6) is 2.16. The van der Waals surface area contributed by atoms with E-state index in [-0.39, 0.29) is 5.91 Å². The van der Waals surface area contributed by atoms with E-state index < -0.39 is 0 Å². The first-order chi connectivity index (χ1) is 11.8. The van der Waals surface area contributed by atoms with Crippen molar-refractivity contribution in [2.45, 2.75) is 64.3 Å². The molecule has 0 bridgehead atoms. The quantitative estimate of drug-likeness (QED) is 0.928. The fourth-order valence-electron chi connectivity index (χ4n) is 3.73. The van der Waals surface area contributed by atoms with Gasteiger partial charge in [-0.05, 0) is 43.7 Å². The van der Waals surface area contributed by atoms with Crippen LogP contribution >= 0.6 is 11.3 Å². The number of rotatable bonds is 4. The summed E-state index contributed by atoms with van der Waals surface area (Å²) in [6, 6.07) is 2.12. The van der Waals surface area contributed by atoms with Crippen LogP contribution in [0, 0.1) is 0 Å². The van der Waals surface area contributed by atoms with E-state index >= 15 is 0 Å². The number of nitrogens with one attached hydrogen (secondary N) is 1. The molecule has 0 atom stereocenters. The summed E-state index contributed by atoms with van der Waals surface area (Å²) in [5.41, 5.74) is 1.40. The second kappa shape index (κ2) is 7.05. The van der Waals surface area contributed by atoms with Crippen molar-refractivity contribution in [2.24, 2.45) is 0 Å². The molecule has 1 aliphatic heterocycles. The van der Waals surface area contributed by atoms with Gasteiger partial charge < -0.3 is 9.88 Å². The number of carbonyl (C=O) groups is 1. The van der Waals surface area contributed by atoms with Gasteiger partial charge in [0.2, 0.25) is 0 Å². The fraction of sp³-hybridized carbons (Fsp3) is 0.611. The highest BCUT2D eigenvalue weighted by atomic mass is 32.1. The van der Waals surface area contributed by atoms with E-state index in [1.54, 1.807) is 11.3 Å². The first-order valence-electron chi connectivity index (χ1n) is 9.12. The lowest BCUT2D eigenvalue weighted by molar-refractivity contribution is 0.0958. The first kappa shape index (κ1) is 15.8. The third kappa shape index (κ3) is 3.24. The Morgan fingerprint density at radius 2 is 2.00 bits per heavy atom. The average Bonchev–Trinajstić information content (AvgIpc) is 3.24. The maximum absolute atomic E-state index is 12.5. The van der Waals surface area contributed by atoms with Crippen LogP contribution in [0.1, 0.15) is 63.9 Å². The zero-order valence-corrected chi connectivity index (χ0v) is 14.8. The van der Waals surface area contributed by atoms with E-state index in [1.165, 1.54) is 36.1 Å². The van der Waals surface area contributed by atoms with Gasteiger partial charge in [-0.3, -0.25) is 4.79 Å². The first-order valence-corrected chi connectivity index (χ1v) is 9.93. The Labute approximate surface area is 146 Å². The number of aryl methyl sites for hydroxylation is 3. The van der Waals surface area contributed by atoms with Gasteiger partial charge in [0.1, 0.15) is 11.6 Å². The van der Waals surface area contributed by atoms with E-state index in [4.69, 9.17) is 0 Å². The van der Waals surface area contributed by atoms with Gasteiger partial charge in [0.15, 0.2) is 0 Å². The third-order valence-corrected chi connectivity index (χ3v) is 6.28.